The molecule has 5 rings (SSSR count). The number of benzene rings is 1. The summed E-state index contributed by atoms with van der Waals surface area (Å²) in [6.07, 6.45) is -0.626. The van der Waals surface area contributed by atoms with E-state index in [-0.39, 0.29) is 35.6 Å². The van der Waals surface area contributed by atoms with E-state index in [2.05, 4.69) is 22.8 Å². The van der Waals surface area contributed by atoms with Crippen molar-refractivity contribution in [3.05, 3.63) is 35.9 Å². The number of carbonyl (C=O) groups is 1. The highest BCUT2D eigenvalue weighted by atomic mass is 16.3. The van der Waals surface area contributed by atoms with Gasteiger partial charge in [0.25, 0.3) is 0 Å². The maximum Gasteiger partial charge on any atom is 0.225 e. The van der Waals surface area contributed by atoms with Gasteiger partial charge >= 0.3 is 0 Å². The van der Waals surface area contributed by atoms with Crippen LogP contribution in [-0.2, 0) is 4.79 Å². The molecule has 4 fully saturated rings. The summed E-state index contributed by atoms with van der Waals surface area (Å²) in [5, 5.41) is 27.1. The average Bonchev–Trinajstić information content (AvgIpc) is 2.81. The van der Waals surface area contributed by atoms with Gasteiger partial charge in [0.2, 0.25) is 5.91 Å². The molecule has 0 unspecified atom stereocenters. The molecule has 5 heteroatoms. The molecule has 3 aliphatic carbocycles. The van der Waals surface area contributed by atoms with Crippen LogP contribution < -0.4 is 10.6 Å². The van der Waals surface area contributed by atoms with Gasteiger partial charge in [-0.05, 0) is 17.9 Å². The Morgan fingerprint density at radius 2 is 1.78 bits per heavy atom. The molecule has 4 N–H and O–H groups in total. The Morgan fingerprint density at radius 1 is 1.09 bits per heavy atom. The minimum Gasteiger partial charge on any atom is -0.390 e. The lowest BCUT2D eigenvalue weighted by Crippen LogP contribution is -2.52. The molecule has 0 aromatic heterocycles. The van der Waals surface area contributed by atoms with Crippen molar-refractivity contribution in [1.82, 2.24) is 10.6 Å². The zero-order valence-corrected chi connectivity index (χ0v) is 12.8. The predicted octanol–water partition coefficient (Wildman–Crippen LogP) is -0.156. The molecule has 122 valence electrons. The molecule has 23 heavy (non-hydrogen) atoms. The third-order valence-electron chi connectivity index (χ3n) is 6.63. The summed E-state index contributed by atoms with van der Waals surface area (Å²) in [7, 11) is 0. The average molecular weight is 314 g/mol. The maximum atomic E-state index is 12.6. The van der Waals surface area contributed by atoms with Gasteiger partial charge in [-0.1, -0.05) is 30.3 Å². The van der Waals surface area contributed by atoms with Gasteiger partial charge in [0.05, 0.1) is 18.1 Å². The van der Waals surface area contributed by atoms with Gasteiger partial charge in [0.1, 0.15) is 0 Å². The van der Waals surface area contributed by atoms with Crippen molar-refractivity contribution < 1.29 is 15.0 Å². The molecule has 1 aromatic rings. The summed E-state index contributed by atoms with van der Waals surface area (Å²) in [6, 6.07) is 10.4. The number of rotatable bonds is 3. The topological polar surface area (TPSA) is 81.6 Å². The molecule has 1 aliphatic heterocycles. The lowest BCUT2D eigenvalue weighted by molar-refractivity contribution is -0.124. The van der Waals surface area contributed by atoms with E-state index in [4.69, 9.17) is 0 Å². The molecule has 9 atom stereocenters. The van der Waals surface area contributed by atoms with Crippen LogP contribution in [0, 0.1) is 23.7 Å². The number of aliphatic hydroxyl groups is 2. The van der Waals surface area contributed by atoms with Crippen molar-refractivity contribution in [2.45, 2.75) is 36.6 Å². The zero-order chi connectivity index (χ0) is 15.7. The predicted molar refractivity (Wildman–Crippen MR) is 83.5 cm³/mol. The van der Waals surface area contributed by atoms with Crippen LogP contribution in [-0.4, -0.2) is 47.0 Å². The van der Waals surface area contributed by atoms with E-state index in [1.165, 1.54) is 0 Å². The van der Waals surface area contributed by atoms with E-state index in [1.54, 1.807) is 0 Å². The minimum absolute atomic E-state index is 0.0248. The summed E-state index contributed by atoms with van der Waals surface area (Å²) in [4.78, 5) is 12.6. The van der Waals surface area contributed by atoms with Crippen molar-refractivity contribution >= 4 is 5.91 Å². The van der Waals surface area contributed by atoms with Crippen molar-refractivity contribution in [3.8, 4) is 0 Å². The first-order chi connectivity index (χ1) is 11.2. The third kappa shape index (κ3) is 1.87. The second kappa shape index (κ2) is 4.79. The van der Waals surface area contributed by atoms with E-state index in [9.17, 15) is 15.0 Å². The Kier molecular flexibility index (Phi) is 2.90. The molecule has 1 aromatic carbocycles. The largest absolute Gasteiger partial charge is 0.390 e. The second-order valence-corrected chi connectivity index (χ2v) is 7.64. The van der Waals surface area contributed by atoms with Crippen LogP contribution in [0.1, 0.15) is 17.9 Å². The summed E-state index contributed by atoms with van der Waals surface area (Å²) >= 11 is 0. The number of hydrogen-bond donors (Lipinski definition) is 4. The standard InChI is InChI=1S/C18H22N2O3/c21-16-9-6-10(17(16)22)15(12(9)8-4-2-1-3-5-8)20-18(23)13-11-7-19-14(11)13/h1-5,9-17,19,21-22H,6-7H2,(H,20,23)/t9-,10+,11-,12+,13-,14-,15+,16-,17+/m1/s1. The molecule has 1 amide bonds. The monoisotopic (exact) mass is 314 g/mol. The van der Waals surface area contributed by atoms with Gasteiger partial charge in [0, 0.05) is 36.4 Å². The Hall–Kier alpha value is -1.43. The number of hydrogen-bond acceptors (Lipinski definition) is 4. The summed E-state index contributed by atoms with van der Waals surface area (Å²) in [5.74, 6) is 0.801. The van der Waals surface area contributed by atoms with Gasteiger partial charge in [0.15, 0.2) is 0 Å². The normalized spacial score (nSPS) is 49.4. The Bertz CT molecular complexity index is 626. The first-order valence-electron chi connectivity index (χ1n) is 8.61. The molecule has 2 bridgehead atoms. The number of fused-ring (bicyclic) bond motifs is 3. The molecule has 3 saturated carbocycles. The van der Waals surface area contributed by atoms with Gasteiger partial charge in [-0.2, -0.15) is 0 Å². The number of nitrogens with one attached hydrogen (secondary N) is 2. The van der Waals surface area contributed by atoms with Crippen molar-refractivity contribution in [2.24, 2.45) is 23.7 Å². The first kappa shape index (κ1) is 14.0. The van der Waals surface area contributed by atoms with Gasteiger partial charge in [-0.25, -0.2) is 0 Å². The highest BCUT2D eigenvalue weighted by Crippen LogP contribution is 2.54. The highest BCUT2D eigenvalue weighted by molar-refractivity contribution is 5.84. The van der Waals surface area contributed by atoms with Crippen LogP contribution in [0.4, 0.5) is 0 Å². The maximum absolute atomic E-state index is 12.6. The van der Waals surface area contributed by atoms with Crippen LogP contribution in [0.25, 0.3) is 0 Å². The first-order valence-corrected chi connectivity index (χ1v) is 8.61. The molecular weight excluding hydrogens is 292 g/mol. The highest BCUT2D eigenvalue weighted by Gasteiger charge is 2.63. The fraction of sp³-hybridized carbons (Fsp3) is 0.611. The van der Waals surface area contributed by atoms with Crippen LogP contribution in [0.15, 0.2) is 30.3 Å². The fourth-order valence-electron chi connectivity index (χ4n) is 5.31. The van der Waals surface area contributed by atoms with E-state index < -0.39 is 12.2 Å². The Labute approximate surface area is 135 Å². The molecule has 0 spiro atoms. The van der Waals surface area contributed by atoms with Crippen molar-refractivity contribution in [3.63, 3.8) is 0 Å². The van der Waals surface area contributed by atoms with Crippen LogP contribution >= 0.6 is 0 Å². The Morgan fingerprint density at radius 3 is 2.43 bits per heavy atom. The number of carbonyl (C=O) groups excluding carboxylic acids is 1. The van der Waals surface area contributed by atoms with Gasteiger partial charge in [-0.3, -0.25) is 4.79 Å². The second-order valence-electron chi connectivity index (χ2n) is 7.64. The SMILES string of the molecule is O=C(N[C@H]1[C@@H]2C[C@@H]([C@@H](O)[C@H]2O)[C@@H]1c1ccccc1)[C@@H]1[C@H]2CN[C@H]21. The Balaban J connectivity index is 1.41. The van der Waals surface area contributed by atoms with Gasteiger partial charge < -0.3 is 20.8 Å². The third-order valence-corrected chi connectivity index (χ3v) is 6.63. The quantitative estimate of drug-likeness (QED) is 0.625. The number of aliphatic hydroxyl groups excluding tert-OH is 2. The molecular formula is C18H22N2O3. The molecule has 1 heterocycles. The van der Waals surface area contributed by atoms with Crippen LogP contribution in [0.3, 0.4) is 0 Å². The zero-order valence-electron chi connectivity index (χ0n) is 12.8. The van der Waals surface area contributed by atoms with Crippen LogP contribution in [0.5, 0.6) is 0 Å². The fourth-order valence-corrected chi connectivity index (χ4v) is 5.31. The van der Waals surface area contributed by atoms with E-state index in [1.807, 2.05) is 18.2 Å². The molecule has 4 aliphatic rings. The van der Waals surface area contributed by atoms with E-state index >= 15 is 0 Å². The summed E-state index contributed by atoms with van der Waals surface area (Å²) < 4.78 is 0. The van der Waals surface area contributed by atoms with Crippen LogP contribution in [0.2, 0.25) is 0 Å². The van der Waals surface area contributed by atoms with Crippen molar-refractivity contribution in [1.29, 1.82) is 0 Å². The van der Waals surface area contributed by atoms with E-state index in [0.29, 0.717) is 12.0 Å². The van der Waals surface area contributed by atoms with Gasteiger partial charge in [-0.15, -0.1) is 0 Å². The lowest BCUT2D eigenvalue weighted by Gasteiger charge is -2.37. The smallest absolute Gasteiger partial charge is 0.225 e. The molecule has 0 radical (unpaired) electrons. The lowest BCUT2D eigenvalue weighted by atomic mass is 9.77. The number of amides is 1. The summed E-state index contributed by atoms with van der Waals surface area (Å²) in [5.41, 5.74) is 1.15. The summed E-state index contributed by atoms with van der Waals surface area (Å²) in [6.45, 7) is 0.947. The molecule has 1 saturated heterocycles. The minimum atomic E-state index is -0.723. The van der Waals surface area contributed by atoms with Crippen molar-refractivity contribution in [2.75, 3.05) is 6.54 Å². The van der Waals surface area contributed by atoms with E-state index in [0.717, 1.165) is 18.5 Å². The molecule has 5 nitrogen and oxygen atoms in total.